The Balaban J connectivity index is 1.82. The average molecular weight is 374 g/mol. The Morgan fingerprint density at radius 1 is 1.16 bits per heavy atom. The molecule has 2 aromatic rings. The number of aromatic amines is 1. The Kier molecular flexibility index (Phi) is 5.91. The Morgan fingerprint density at radius 3 is 2.44 bits per heavy atom. The largest absolute Gasteiger partial charge is 0.446 e. The van der Waals surface area contributed by atoms with Gasteiger partial charge in [0.1, 0.15) is 0 Å². The number of hydrogen-bond donors (Lipinski definition) is 3. The number of alkyl halides is 3. The predicted octanol–water partition coefficient (Wildman–Crippen LogP) is 1.97. The third-order valence-electron chi connectivity index (χ3n) is 2.88. The van der Waals surface area contributed by atoms with Crippen LogP contribution in [0.2, 0.25) is 0 Å². The molecule has 2 rings (SSSR count). The summed E-state index contributed by atoms with van der Waals surface area (Å²) in [5.41, 5.74) is -5.15. The third kappa shape index (κ3) is 6.37. The van der Waals surface area contributed by atoms with Crippen LogP contribution in [0.15, 0.2) is 51.0 Å². The van der Waals surface area contributed by atoms with Gasteiger partial charge in [-0.15, -0.1) is 0 Å². The number of amides is 2. The van der Waals surface area contributed by atoms with Crippen molar-refractivity contribution >= 4 is 23.5 Å². The van der Waals surface area contributed by atoms with Crippen molar-refractivity contribution in [1.29, 1.82) is 0 Å². The summed E-state index contributed by atoms with van der Waals surface area (Å²) < 4.78 is 37.9. The molecule has 0 unspecified atom stereocenters. The minimum atomic E-state index is -4.37. The minimum absolute atomic E-state index is 0.0101. The zero-order valence-corrected chi connectivity index (χ0v) is 13.4. The number of nitrogens with one attached hydrogen (secondary N) is 3. The molecule has 0 radical (unpaired) electrons. The molecule has 0 aliphatic heterocycles. The fraction of sp³-hybridized carbons (Fsp3) is 0.214. The number of carbonyl (C=O) groups is 1. The van der Waals surface area contributed by atoms with E-state index in [1.54, 1.807) is 0 Å². The molecule has 0 fully saturated rings. The highest BCUT2D eigenvalue weighted by molar-refractivity contribution is 8.00. The standard InChI is InChI=1S/C14H13F3N4O3S/c15-14(16,17)25-10-3-1-9(2-4-10)19-12(23)18-6-8-21-7-5-11(22)20-13(21)24/h1-5,7H,6,8H2,(H2,18,19,23)(H,20,22,24). The molecule has 0 saturated heterocycles. The second kappa shape index (κ2) is 7.92. The van der Waals surface area contributed by atoms with Gasteiger partial charge in [-0.3, -0.25) is 14.3 Å². The Hall–Kier alpha value is -2.69. The highest BCUT2D eigenvalue weighted by Crippen LogP contribution is 2.36. The quantitative estimate of drug-likeness (QED) is 0.698. The van der Waals surface area contributed by atoms with E-state index in [1.807, 2.05) is 0 Å². The number of carbonyl (C=O) groups excluding carboxylic acids is 1. The number of H-pyrrole nitrogens is 1. The van der Waals surface area contributed by atoms with Crippen LogP contribution in [0.5, 0.6) is 0 Å². The molecule has 134 valence electrons. The fourth-order valence-electron chi connectivity index (χ4n) is 1.83. The monoisotopic (exact) mass is 374 g/mol. The summed E-state index contributed by atoms with van der Waals surface area (Å²) in [6.45, 7) is 0.254. The van der Waals surface area contributed by atoms with Crippen LogP contribution in [0.1, 0.15) is 0 Å². The summed E-state index contributed by atoms with van der Waals surface area (Å²) in [6.07, 6.45) is 1.30. The fourth-order valence-corrected chi connectivity index (χ4v) is 2.36. The number of urea groups is 1. The van der Waals surface area contributed by atoms with Crippen molar-refractivity contribution in [3.8, 4) is 0 Å². The number of nitrogens with zero attached hydrogens (tertiary/aromatic N) is 1. The molecule has 0 saturated carbocycles. The summed E-state index contributed by atoms with van der Waals surface area (Å²) in [5, 5.41) is 4.94. The van der Waals surface area contributed by atoms with Crippen LogP contribution in [0.3, 0.4) is 0 Å². The van der Waals surface area contributed by atoms with Gasteiger partial charge < -0.3 is 10.6 Å². The molecular formula is C14H13F3N4O3S. The van der Waals surface area contributed by atoms with Crippen molar-refractivity contribution < 1.29 is 18.0 Å². The Labute approximate surface area is 143 Å². The second-order valence-corrected chi connectivity index (χ2v) is 5.90. The van der Waals surface area contributed by atoms with E-state index in [2.05, 4.69) is 15.6 Å². The molecule has 0 aliphatic carbocycles. The number of anilines is 1. The molecule has 25 heavy (non-hydrogen) atoms. The smallest absolute Gasteiger partial charge is 0.336 e. The van der Waals surface area contributed by atoms with Crippen molar-refractivity contribution in [3.63, 3.8) is 0 Å². The van der Waals surface area contributed by atoms with E-state index in [1.165, 1.54) is 41.1 Å². The lowest BCUT2D eigenvalue weighted by Crippen LogP contribution is -2.35. The van der Waals surface area contributed by atoms with E-state index >= 15 is 0 Å². The maximum absolute atomic E-state index is 12.2. The summed E-state index contributed by atoms with van der Waals surface area (Å²) in [5.74, 6) is 0. The number of benzene rings is 1. The lowest BCUT2D eigenvalue weighted by atomic mass is 10.3. The molecule has 11 heteroatoms. The minimum Gasteiger partial charge on any atom is -0.336 e. The summed E-state index contributed by atoms with van der Waals surface area (Å²) >= 11 is -0.244. The van der Waals surface area contributed by atoms with Gasteiger partial charge in [0.15, 0.2) is 0 Å². The molecule has 0 atom stereocenters. The topological polar surface area (TPSA) is 96.0 Å². The molecule has 0 bridgehead atoms. The van der Waals surface area contributed by atoms with Crippen LogP contribution < -0.4 is 21.9 Å². The molecule has 3 N–H and O–H groups in total. The molecule has 0 spiro atoms. The number of aromatic nitrogens is 2. The lowest BCUT2D eigenvalue weighted by molar-refractivity contribution is -0.0328. The van der Waals surface area contributed by atoms with Crippen LogP contribution in [0.25, 0.3) is 0 Å². The number of rotatable bonds is 5. The van der Waals surface area contributed by atoms with Gasteiger partial charge in [0, 0.05) is 35.9 Å². The summed E-state index contributed by atoms with van der Waals surface area (Å²) in [7, 11) is 0. The molecule has 1 aromatic carbocycles. The molecule has 1 heterocycles. The van der Waals surface area contributed by atoms with Gasteiger partial charge in [-0.25, -0.2) is 9.59 Å². The first kappa shape index (κ1) is 18.6. The van der Waals surface area contributed by atoms with Crippen molar-refractivity contribution in [2.45, 2.75) is 16.9 Å². The van der Waals surface area contributed by atoms with Crippen molar-refractivity contribution in [1.82, 2.24) is 14.9 Å². The number of hydrogen-bond acceptors (Lipinski definition) is 4. The Bertz CT molecular complexity index is 846. The predicted molar refractivity (Wildman–Crippen MR) is 86.7 cm³/mol. The first-order chi connectivity index (χ1) is 11.7. The maximum atomic E-state index is 12.2. The van der Waals surface area contributed by atoms with Crippen LogP contribution in [0.4, 0.5) is 23.7 Å². The molecule has 7 nitrogen and oxygen atoms in total. The zero-order chi connectivity index (χ0) is 18.4. The number of thioether (sulfide) groups is 1. The summed E-state index contributed by atoms with van der Waals surface area (Å²) in [4.78, 5) is 36.1. The third-order valence-corrected chi connectivity index (χ3v) is 3.62. The number of halogens is 3. The van der Waals surface area contributed by atoms with Gasteiger partial charge in [-0.05, 0) is 36.0 Å². The second-order valence-electron chi connectivity index (χ2n) is 4.76. The zero-order valence-electron chi connectivity index (χ0n) is 12.6. The molecule has 1 aromatic heterocycles. The first-order valence-electron chi connectivity index (χ1n) is 6.93. The molecule has 0 aliphatic rings. The van der Waals surface area contributed by atoms with Crippen molar-refractivity contribution in [2.75, 3.05) is 11.9 Å². The van der Waals surface area contributed by atoms with Crippen molar-refractivity contribution in [3.05, 3.63) is 57.4 Å². The van der Waals surface area contributed by atoms with Gasteiger partial charge >= 0.3 is 17.2 Å². The first-order valence-corrected chi connectivity index (χ1v) is 7.75. The van der Waals surface area contributed by atoms with E-state index in [9.17, 15) is 27.6 Å². The van der Waals surface area contributed by atoms with Crippen LogP contribution >= 0.6 is 11.8 Å². The molecule has 2 amide bonds. The van der Waals surface area contributed by atoms with Gasteiger partial charge in [0.2, 0.25) is 0 Å². The summed E-state index contributed by atoms with van der Waals surface area (Å²) in [6, 6.07) is 5.79. The highest BCUT2D eigenvalue weighted by atomic mass is 32.2. The average Bonchev–Trinajstić information content (AvgIpc) is 2.50. The normalized spacial score (nSPS) is 11.2. The SMILES string of the molecule is O=C(NCCn1ccc(=O)[nH]c1=O)Nc1ccc(SC(F)(F)F)cc1. The lowest BCUT2D eigenvalue weighted by Gasteiger charge is -2.10. The van der Waals surface area contributed by atoms with Gasteiger partial charge in [0.25, 0.3) is 5.56 Å². The maximum Gasteiger partial charge on any atom is 0.446 e. The van der Waals surface area contributed by atoms with Gasteiger partial charge in [-0.1, -0.05) is 0 Å². The van der Waals surface area contributed by atoms with Crippen LogP contribution in [0, 0.1) is 0 Å². The van der Waals surface area contributed by atoms with E-state index in [-0.39, 0.29) is 29.7 Å². The van der Waals surface area contributed by atoms with Crippen LogP contribution in [-0.2, 0) is 6.54 Å². The van der Waals surface area contributed by atoms with E-state index < -0.39 is 22.8 Å². The van der Waals surface area contributed by atoms with E-state index in [4.69, 9.17) is 0 Å². The van der Waals surface area contributed by atoms with Crippen LogP contribution in [-0.4, -0.2) is 27.6 Å². The molecular weight excluding hydrogens is 361 g/mol. The van der Waals surface area contributed by atoms with Gasteiger partial charge in [0.05, 0.1) is 0 Å². The Morgan fingerprint density at radius 2 is 1.84 bits per heavy atom. The van der Waals surface area contributed by atoms with Gasteiger partial charge in [-0.2, -0.15) is 13.2 Å². The van der Waals surface area contributed by atoms with Crippen molar-refractivity contribution in [2.24, 2.45) is 0 Å². The highest BCUT2D eigenvalue weighted by Gasteiger charge is 2.28. The van der Waals surface area contributed by atoms with E-state index in [0.29, 0.717) is 5.69 Å². The van der Waals surface area contributed by atoms with E-state index in [0.717, 1.165) is 0 Å².